The second-order valence-electron chi connectivity index (χ2n) is 3.90. The smallest absolute Gasteiger partial charge is 0.293 e. The minimum absolute atomic E-state index is 0.0116. The number of aromatic amines is 1. The van der Waals surface area contributed by atoms with Gasteiger partial charge < -0.3 is 14.8 Å². The summed E-state index contributed by atoms with van der Waals surface area (Å²) in [5, 5.41) is 15.4. The lowest BCUT2D eigenvalue weighted by molar-refractivity contribution is 0.0940. The second-order valence-corrected chi connectivity index (χ2v) is 3.90. The fourth-order valence-electron chi connectivity index (χ4n) is 1.72. The van der Waals surface area contributed by atoms with Crippen molar-refractivity contribution in [2.24, 2.45) is 0 Å². The molecule has 98 valence electrons. The highest BCUT2D eigenvalue weighted by Gasteiger charge is 2.13. The third kappa shape index (κ3) is 2.46. The van der Waals surface area contributed by atoms with Crippen LogP contribution in [-0.4, -0.2) is 39.7 Å². The van der Waals surface area contributed by atoms with Crippen molar-refractivity contribution in [2.45, 2.75) is 6.54 Å². The van der Waals surface area contributed by atoms with E-state index in [1.165, 1.54) is 0 Å². The molecule has 19 heavy (non-hydrogen) atoms. The molecule has 0 unspecified atom stereocenters. The van der Waals surface area contributed by atoms with Gasteiger partial charge in [0.1, 0.15) is 13.2 Å². The Hall–Kier alpha value is -2.64. The van der Waals surface area contributed by atoms with Gasteiger partial charge in [0.05, 0.1) is 0 Å². The van der Waals surface area contributed by atoms with E-state index in [9.17, 15) is 4.79 Å². The first-order chi connectivity index (χ1) is 9.33. The Morgan fingerprint density at radius 1 is 1.32 bits per heavy atom. The fourth-order valence-corrected chi connectivity index (χ4v) is 1.72. The molecule has 0 saturated carbocycles. The molecular formula is C11H11N5O3. The Kier molecular flexibility index (Phi) is 2.97. The van der Waals surface area contributed by atoms with Gasteiger partial charge in [0.15, 0.2) is 11.5 Å². The predicted octanol–water partition coefficient (Wildman–Crippen LogP) is -0.0991. The summed E-state index contributed by atoms with van der Waals surface area (Å²) in [7, 11) is 0. The van der Waals surface area contributed by atoms with Crippen LogP contribution in [0.4, 0.5) is 0 Å². The highest BCUT2D eigenvalue weighted by Crippen LogP contribution is 2.30. The molecule has 0 saturated heterocycles. The fraction of sp³-hybridized carbons (Fsp3) is 0.273. The molecule has 1 aromatic heterocycles. The molecule has 1 aliphatic rings. The van der Waals surface area contributed by atoms with E-state index in [0.717, 1.165) is 11.3 Å². The van der Waals surface area contributed by atoms with Crippen LogP contribution >= 0.6 is 0 Å². The van der Waals surface area contributed by atoms with Crippen molar-refractivity contribution >= 4 is 5.91 Å². The van der Waals surface area contributed by atoms with Gasteiger partial charge in [-0.1, -0.05) is 6.07 Å². The zero-order valence-corrected chi connectivity index (χ0v) is 9.92. The number of tetrazole rings is 1. The molecule has 8 nitrogen and oxygen atoms in total. The van der Waals surface area contributed by atoms with Crippen LogP contribution in [-0.2, 0) is 6.54 Å². The topological polar surface area (TPSA) is 102 Å². The summed E-state index contributed by atoms with van der Waals surface area (Å²) < 4.78 is 10.9. The minimum atomic E-state index is -0.386. The van der Waals surface area contributed by atoms with Crippen molar-refractivity contribution in [3.8, 4) is 11.5 Å². The molecule has 0 atom stereocenters. The van der Waals surface area contributed by atoms with E-state index in [-0.39, 0.29) is 11.7 Å². The molecule has 0 aliphatic carbocycles. The third-order valence-electron chi connectivity index (χ3n) is 2.61. The minimum Gasteiger partial charge on any atom is -0.486 e. The van der Waals surface area contributed by atoms with Crippen LogP contribution in [0, 0.1) is 0 Å². The maximum absolute atomic E-state index is 11.6. The predicted molar refractivity (Wildman–Crippen MR) is 62.8 cm³/mol. The summed E-state index contributed by atoms with van der Waals surface area (Å²) in [6, 6.07) is 5.53. The molecule has 1 aliphatic heterocycles. The van der Waals surface area contributed by atoms with Crippen molar-refractivity contribution in [1.29, 1.82) is 0 Å². The molecule has 1 aromatic carbocycles. The number of amides is 1. The lowest BCUT2D eigenvalue weighted by atomic mass is 10.2. The Morgan fingerprint density at radius 2 is 2.16 bits per heavy atom. The molecule has 2 heterocycles. The zero-order valence-electron chi connectivity index (χ0n) is 9.92. The van der Waals surface area contributed by atoms with Crippen LogP contribution in [0.15, 0.2) is 18.2 Å². The summed E-state index contributed by atoms with van der Waals surface area (Å²) in [5.74, 6) is 1.04. The first-order valence-electron chi connectivity index (χ1n) is 5.73. The molecular weight excluding hydrogens is 250 g/mol. The Balaban J connectivity index is 1.65. The number of ether oxygens (including phenoxy) is 2. The average molecular weight is 261 g/mol. The molecule has 0 fully saturated rings. The van der Waals surface area contributed by atoms with Gasteiger partial charge in [0, 0.05) is 6.54 Å². The van der Waals surface area contributed by atoms with Crippen molar-refractivity contribution < 1.29 is 14.3 Å². The molecule has 8 heteroatoms. The van der Waals surface area contributed by atoms with Crippen molar-refractivity contribution in [3.05, 3.63) is 29.6 Å². The van der Waals surface area contributed by atoms with E-state index in [2.05, 4.69) is 25.9 Å². The number of nitrogens with zero attached hydrogens (tertiary/aromatic N) is 3. The standard InChI is InChI=1S/C11H11N5O3/c17-11(10-13-15-16-14-10)12-6-7-1-2-8-9(5-7)19-4-3-18-8/h1-2,5H,3-4,6H2,(H,12,17)(H,13,14,15,16). The van der Waals surface area contributed by atoms with E-state index in [1.807, 2.05) is 18.2 Å². The van der Waals surface area contributed by atoms with Gasteiger partial charge >= 0.3 is 0 Å². The number of rotatable bonds is 3. The monoisotopic (exact) mass is 261 g/mol. The first kappa shape index (κ1) is 11.5. The molecule has 2 N–H and O–H groups in total. The Morgan fingerprint density at radius 3 is 2.95 bits per heavy atom. The van der Waals surface area contributed by atoms with Gasteiger partial charge in [-0.3, -0.25) is 4.79 Å². The average Bonchev–Trinajstić information content (AvgIpc) is 2.99. The summed E-state index contributed by atoms with van der Waals surface area (Å²) in [4.78, 5) is 11.6. The van der Waals surface area contributed by atoms with Gasteiger partial charge in [-0.25, -0.2) is 0 Å². The van der Waals surface area contributed by atoms with Crippen molar-refractivity contribution in [1.82, 2.24) is 25.9 Å². The quantitative estimate of drug-likeness (QED) is 0.800. The number of hydrogen-bond donors (Lipinski definition) is 2. The molecule has 0 radical (unpaired) electrons. The number of carbonyl (C=O) groups is 1. The Labute approximate surface area is 108 Å². The summed E-state index contributed by atoms with van der Waals surface area (Å²) in [6.45, 7) is 1.44. The summed E-state index contributed by atoms with van der Waals surface area (Å²) >= 11 is 0. The van der Waals surface area contributed by atoms with Crippen LogP contribution in [0.25, 0.3) is 0 Å². The largest absolute Gasteiger partial charge is 0.486 e. The number of aromatic nitrogens is 4. The van der Waals surface area contributed by atoms with E-state index >= 15 is 0 Å². The third-order valence-corrected chi connectivity index (χ3v) is 2.61. The van der Waals surface area contributed by atoms with E-state index in [0.29, 0.717) is 25.5 Å². The van der Waals surface area contributed by atoms with Crippen molar-refractivity contribution in [2.75, 3.05) is 13.2 Å². The number of carbonyl (C=O) groups excluding carboxylic acids is 1. The number of benzene rings is 1. The maximum Gasteiger partial charge on any atom is 0.293 e. The van der Waals surface area contributed by atoms with E-state index in [4.69, 9.17) is 9.47 Å². The molecule has 0 bridgehead atoms. The van der Waals surface area contributed by atoms with Crippen molar-refractivity contribution in [3.63, 3.8) is 0 Å². The molecule has 3 rings (SSSR count). The van der Waals surface area contributed by atoms with Gasteiger partial charge in [0.2, 0.25) is 0 Å². The van der Waals surface area contributed by atoms with Gasteiger partial charge in [-0.05, 0) is 22.9 Å². The molecule has 2 aromatic rings. The zero-order chi connectivity index (χ0) is 13.1. The van der Waals surface area contributed by atoms with Gasteiger partial charge in [-0.2, -0.15) is 5.21 Å². The molecule has 1 amide bonds. The van der Waals surface area contributed by atoms with Crippen LogP contribution in [0.1, 0.15) is 16.2 Å². The number of H-pyrrole nitrogens is 1. The van der Waals surface area contributed by atoms with Crippen LogP contribution < -0.4 is 14.8 Å². The van der Waals surface area contributed by atoms with Gasteiger partial charge in [-0.15, -0.1) is 10.2 Å². The van der Waals surface area contributed by atoms with Crippen LogP contribution in [0.3, 0.4) is 0 Å². The van der Waals surface area contributed by atoms with Crippen LogP contribution in [0.2, 0.25) is 0 Å². The lowest BCUT2D eigenvalue weighted by Crippen LogP contribution is -2.24. The number of hydrogen-bond acceptors (Lipinski definition) is 6. The summed E-state index contributed by atoms with van der Waals surface area (Å²) in [6.07, 6.45) is 0. The number of nitrogens with one attached hydrogen (secondary N) is 2. The lowest BCUT2D eigenvalue weighted by Gasteiger charge is -2.18. The SMILES string of the molecule is O=C(NCc1ccc2c(c1)OCCO2)c1nn[nH]n1. The highest BCUT2D eigenvalue weighted by molar-refractivity contribution is 5.89. The Bertz CT molecular complexity index is 584. The second kappa shape index (κ2) is 4.92. The summed E-state index contributed by atoms with van der Waals surface area (Å²) in [5.41, 5.74) is 0.904. The normalized spacial score (nSPS) is 13.1. The van der Waals surface area contributed by atoms with E-state index in [1.54, 1.807) is 0 Å². The highest BCUT2D eigenvalue weighted by atomic mass is 16.6. The van der Waals surface area contributed by atoms with Crippen LogP contribution in [0.5, 0.6) is 11.5 Å². The number of fused-ring (bicyclic) bond motifs is 1. The van der Waals surface area contributed by atoms with Gasteiger partial charge in [0.25, 0.3) is 11.7 Å². The first-order valence-corrected chi connectivity index (χ1v) is 5.73. The molecule has 0 spiro atoms. The van der Waals surface area contributed by atoms with E-state index < -0.39 is 0 Å². The maximum atomic E-state index is 11.6.